The number of unbranched alkanes of at least 4 members (excludes halogenated alkanes) is 9. The molecule has 1 fully saturated rings. The third kappa shape index (κ3) is 47.9. The molecule has 0 aliphatic carbocycles. The summed E-state index contributed by atoms with van der Waals surface area (Å²) >= 11 is 0. The van der Waals surface area contributed by atoms with E-state index in [4.69, 9.17) is 4.18 Å². The molecule has 0 atom stereocenters. The quantitative estimate of drug-likeness (QED) is 0.0330. The summed E-state index contributed by atoms with van der Waals surface area (Å²) in [5, 5.41) is 3.06. The van der Waals surface area contributed by atoms with Crippen LogP contribution in [0.5, 0.6) is 0 Å². The molecule has 398 valence electrons. The number of piperazine rings is 1. The average Bonchev–Trinajstić information content (AvgIpc) is 3.22. The zero-order valence-electron chi connectivity index (χ0n) is 40.6. The van der Waals surface area contributed by atoms with Crippen LogP contribution in [0.1, 0.15) is 152 Å². The fourth-order valence-corrected chi connectivity index (χ4v) is 8.68. The van der Waals surface area contributed by atoms with E-state index in [1.54, 1.807) is 0 Å². The zero-order valence-corrected chi connectivity index (χ0v) is 43.0. The molecule has 1 N–H and O–H groups in total. The van der Waals surface area contributed by atoms with Gasteiger partial charge in [-0.1, -0.05) is 38.5 Å². The van der Waals surface area contributed by atoms with Gasteiger partial charge in [0.15, 0.2) is 0 Å². The topological polar surface area (TPSA) is 173 Å². The first-order valence-corrected chi connectivity index (χ1v) is 27.8. The fraction of sp³-hybridized carbons (Fsp3) is 1.00. The van der Waals surface area contributed by atoms with Crippen LogP contribution < -0.4 is 5.32 Å². The van der Waals surface area contributed by atoms with E-state index in [0.29, 0.717) is 77.5 Å². The molecule has 0 aromatic rings. The summed E-state index contributed by atoms with van der Waals surface area (Å²) in [5.74, 6) is -0.974. The van der Waals surface area contributed by atoms with Gasteiger partial charge in [-0.15, -0.1) is 0 Å². The first-order valence-electron chi connectivity index (χ1n) is 23.3. The predicted molar refractivity (Wildman–Crippen MR) is 241 cm³/mol. The van der Waals surface area contributed by atoms with Gasteiger partial charge in [0, 0.05) is 56.9 Å². The maximum absolute atomic E-state index is 11.9. The maximum Gasteiger partial charge on any atom is 0.389 e. The van der Waals surface area contributed by atoms with E-state index in [-0.39, 0.29) is 38.7 Å². The lowest BCUT2D eigenvalue weighted by atomic mass is 10.1. The number of nitrogens with zero attached hydrogens (tertiary/aromatic N) is 3. The summed E-state index contributed by atoms with van der Waals surface area (Å²) in [6, 6.07) is 0. The normalized spacial score (nSPS) is 14.3. The van der Waals surface area contributed by atoms with Crippen molar-refractivity contribution < 1.29 is 82.6 Å². The minimum Gasteiger partial charge on any atom is -0.748 e. The van der Waals surface area contributed by atoms with Crippen molar-refractivity contribution in [3.63, 3.8) is 0 Å². The Hall–Kier alpha value is -0.990. The summed E-state index contributed by atoms with van der Waals surface area (Å²) in [5.41, 5.74) is 0. The standard InChI is InChI=1S/C11H22F2N2O3S.2C8H20N.2C7H13F3O3S/c12-11(13)5-3-1-2-4-10-18-19(16,17)15-8-6-14-7-9-15;2*1-5-9(6-2,7-3)8-4;2*8-7(9,10)5-3-1-2-4-6-14(11,12)13/h11,14H,1-10H2;2*5-8H2,1-4H3;2*1-6H2,(H,11,12,13)/q;2*+1;;/p-2. The molecule has 1 heterocycles. The van der Waals surface area contributed by atoms with E-state index in [9.17, 15) is 69.5 Å². The van der Waals surface area contributed by atoms with Gasteiger partial charge in [-0.05, 0) is 93.9 Å². The molecule has 0 aromatic carbocycles. The van der Waals surface area contributed by atoms with Crippen molar-refractivity contribution in [2.45, 2.75) is 170 Å². The third-order valence-corrected chi connectivity index (χ3v) is 14.6. The number of alkyl halides is 8. The Kier molecular flexibility index (Phi) is 42.1. The predicted octanol–water partition coefficient (Wildman–Crippen LogP) is 9.22. The molecular weight excluding hydrogens is 941 g/mol. The van der Waals surface area contributed by atoms with E-state index >= 15 is 0 Å². The minimum absolute atomic E-state index is 0.0115. The number of rotatable bonds is 29. The second-order valence-corrected chi connectivity index (χ2v) is 20.5. The molecule has 13 nitrogen and oxygen atoms in total. The molecule has 1 rings (SSSR count). The Morgan fingerprint density at radius 1 is 0.523 bits per heavy atom. The van der Waals surface area contributed by atoms with Crippen LogP contribution >= 0.6 is 0 Å². The second kappa shape index (κ2) is 38.8. The Morgan fingerprint density at radius 3 is 1.11 bits per heavy atom. The summed E-state index contributed by atoms with van der Waals surface area (Å²) in [4.78, 5) is 0. The molecule has 0 saturated carbocycles. The largest absolute Gasteiger partial charge is 0.748 e. The van der Waals surface area contributed by atoms with Crippen LogP contribution in [-0.4, -0.2) is 163 Å². The number of hydrogen-bond donors (Lipinski definition) is 1. The Balaban J connectivity index is -0.000000369. The lowest BCUT2D eigenvalue weighted by Crippen LogP contribution is -2.47. The number of halogens is 8. The molecule has 0 radical (unpaired) electrons. The van der Waals surface area contributed by atoms with Gasteiger partial charge in [0.25, 0.3) is 0 Å². The lowest BCUT2D eigenvalue weighted by Gasteiger charge is -2.34. The SMILES string of the molecule is CC[N+](CC)(CC)CC.CC[N+](CC)(CC)CC.O=S(=O)(OCCCCCCC(F)F)N1CCNCC1.O=S(=O)([O-])CCCCCCC(F)(F)F.O=S(=O)([O-])CCCCCCC(F)(F)F. The van der Waals surface area contributed by atoms with Gasteiger partial charge in [0.05, 0.1) is 79.2 Å². The molecule has 24 heteroatoms. The van der Waals surface area contributed by atoms with E-state index < -0.39 is 73.7 Å². The van der Waals surface area contributed by atoms with Crippen molar-refractivity contribution in [1.29, 1.82) is 0 Å². The highest BCUT2D eigenvalue weighted by atomic mass is 32.2. The highest BCUT2D eigenvalue weighted by Crippen LogP contribution is 2.24. The van der Waals surface area contributed by atoms with Crippen LogP contribution in [0.2, 0.25) is 0 Å². The molecule has 1 saturated heterocycles. The van der Waals surface area contributed by atoms with Crippen molar-refractivity contribution in [3.8, 4) is 0 Å². The van der Waals surface area contributed by atoms with Gasteiger partial charge in [-0.25, -0.2) is 25.6 Å². The molecule has 1 aliphatic heterocycles. The lowest BCUT2D eigenvalue weighted by molar-refractivity contribution is -0.921. The second-order valence-electron chi connectivity index (χ2n) is 15.8. The highest BCUT2D eigenvalue weighted by Gasteiger charge is 2.27. The molecule has 0 spiro atoms. The van der Waals surface area contributed by atoms with Crippen molar-refractivity contribution in [2.75, 3.05) is 96.6 Å². The highest BCUT2D eigenvalue weighted by molar-refractivity contribution is 7.86. The zero-order chi connectivity index (χ0) is 51.3. The summed E-state index contributed by atoms with van der Waals surface area (Å²) in [6.45, 7) is 30.7. The van der Waals surface area contributed by atoms with Crippen molar-refractivity contribution in [1.82, 2.24) is 9.62 Å². The molecule has 0 aromatic heterocycles. The van der Waals surface area contributed by atoms with Crippen molar-refractivity contribution in [2.24, 2.45) is 0 Å². The van der Waals surface area contributed by atoms with Crippen LogP contribution in [0.25, 0.3) is 0 Å². The summed E-state index contributed by atoms with van der Waals surface area (Å²) in [7, 11) is -12.0. The Morgan fingerprint density at radius 2 is 0.831 bits per heavy atom. The van der Waals surface area contributed by atoms with E-state index in [0.717, 1.165) is 0 Å². The molecule has 1 aliphatic rings. The van der Waals surface area contributed by atoms with Gasteiger partial charge in [-0.2, -0.15) is 39.1 Å². The van der Waals surface area contributed by atoms with Gasteiger partial charge >= 0.3 is 22.7 Å². The first kappa shape index (κ1) is 70.6. The maximum atomic E-state index is 11.9. The summed E-state index contributed by atoms with van der Waals surface area (Å²) in [6.07, 6.45) is -8.33. The van der Waals surface area contributed by atoms with Crippen LogP contribution in [0, 0.1) is 0 Å². The molecule has 0 amide bonds. The number of nitrogens with one attached hydrogen (secondary N) is 1. The summed E-state index contributed by atoms with van der Waals surface area (Å²) < 4.78 is 186. The van der Waals surface area contributed by atoms with Crippen LogP contribution in [0.3, 0.4) is 0 Å². The van der Waals surface area contributed by atoms with Gasteiger partial charge in [0.2, 0.25) is 6.43 Å². The van der Waals surface area contributed by atoms with Gasteiger partial charge in [0.1, 0.15) is 0 Å². The molecule has 0 unspecified atom stereocenters. The van der Waals surface area contributed by atoms with Crippen LogP contribution in [-0.2, 0) is 34.7 Å². The van der Waals surface area contributed by atoms with Gasteiger partial charge in [-0.3, -0.25) is 4.18 Å². The molecular formula is C41H86F8N4O9S3. The smallest absolute Gasteiger partial charge is 0.389 e. The number of quaternary nitrogens is 2. The third-order valence-electron chi connectivity index (χ3n) is 11.5. The van der Waals surface area contributed by atoms with Crippen LogP contribution in [0.4, 0.5) is 35.1 Å². The fourth-order valence-electron chi connectivity index (χ4n) is 6.46. The average molecular weight is 1030 g/mol. The Bertz CT molecular complexity index is 1320. The number of hydrogen-bond acceptors (Lipinski definition) is 10. The van der Waals surface area contributed by atoms with E-state index in [2.05, 4.69) is 60.7 Å². The molecule has 65 heavy (non-hydrogen) atoms. The minimum atomic E-state index is -4.21. The van der Waals surface area contributed by atoms with Crippen molar-refractivity contribution in [3.05, 3.63) is 0 Å². The van der Waals surface area contributed by atoms with Crippen molar-refractivity contribution >= 4 is 30.5 Å². The van der Waals surface area contributed by atoms with E-state index in [1.807, 2.05) is 0 Å². The van der Waals surface area contributed by atoms with Crippen LogP contribution in [0.15, 0.2) is 0 Å². The molecule has 0 bridgehead atoms. The Labute approximate surface area is 388 Å². The first-order chi connectivity index (χ1) is 29.9. The monoisotopic (exact) mass is 1030 g/mol. The van der Waals surface area contributed by atoms with E-state index in [1.165, 1.54) is 65.6 Å². The van der Waals surface area contributed by atoms with Gasteiger partial charge < -0.3 is 23.4 Å².